The molecule has 0 atom stereocenters. The number of carbonyl (C=O) groups is 2. The molecule has 0 aliphatic heterocycles. The normalized spacial score (nSPS) is 10.8. The molecule has 5 heteroatoms. The third kappa shape index (κ3) is 3.83. The van der Waals surface area contributed by atoms with Crippen LogP contribution in [0.15, 0.2) is 72.2 Å². The van der Waals surface area contributed by atoms with Crippen molar-refractivity contribution in [1.29, 1.82) is 0 Å². The average Bonchev–Trinajstić information content (AvgIpc) is 3.34. The molecular formula is C22H17NO3S. The average molecular weight is 375 g/mol. The summed E-state index contributed by atoms with van der Waals surface area (Å²) in [6.07, 6.45) is 2.16. The molecule has 4 rings (SSSR count). The zero-order valence-electron chi connectivity index (χ0n) is 14.5. The van der Waals surface area contributed by atoms with Crippen LogP contribution in [-0.4, -0.2) is 16.7 Å². The lowest BCUT2D eigenvalue weighted by Crippen LogP contribution is -2.10. The Hall–Kier alpha value is -3.18. The molecule has 0 bridgehead atoms. The Kier molecular flexibility index (Phi) is 4.85. The summed E-state index contributed by atoms with van der Waals surface area (Å²) >= 11 is 1.40. The lowest BCUT2D eigenvalue weighted by molar-refractivity contribution is -0.134. The first kappa shape index (κ1) is 17.2. The number of benzene rings is 2. The highest BCUT2D eigenvalue weighted by Crippen LogP contribution is 2.32. The van der Waals surface area contributed by atoms with Crippen LogP contribution in [0.5, 0.6) is 5.75 Å². The molecule has 0 amide bonds. The molecule has 134 valence electrons. The van der Waals surface area contributed by atoms with Crippen LogP contribution < -0.4 is 4.74 Å². The summed E-state index contributed by atoms with van der Waals surface area (Å²) in [6.45, 7) is 0. The molecule has 0 aliphatic carbocycles. The monoisotopic (exact) mass is 375 g/mol. The van der Waals surface area contributed by atoms with Gasteiger partial charge in [0, 0.05) is 29.1 Å². The van der Waals surface area contributed by atoms with Gasteiger partial charge in [-0.15, -0.1) is 11.3 Å². The fraction of sp³-hybridized carbons (Fsp3) is 0.0909. The minimum atomic E-state index is -0.400. The molecule has 4 nitrogen and oxygen atoms in total. The molecule has 0 spiro atoms. The first-order valence-corrected chi connectivity index (χ1v) is 9.52. The van der Waals surface area contributed by atoms with E-state index in [1.54, 1.807) is 24.3 Å². The summed E-state index contributed by atoms with van der Waals surface area (Å²) in [5.74, 6) is 0.0479. The summed E-state index contributed by atoms with van der Waals surface area (Å²) < 4.78 is 5.22. The smallest absolute Gasteiger partial charge is 0.311 e. The Morgan fingerprint density at radius 3 is 2.59 bits per heavy atom. The summed E-state index contributed by atoms with van der Waals surface area (Å²) in [6, 6.07) is 18.8. The van der Waals surface area contributed by atoms with Crippen LogP contribution in [0.4, 0.5) is 0 Å². The highest BCUT2D eigenvalue weighted by Gasteiger charge is 2.15. The Bertz CT molecular complexity index is 1090. The number of ether oxygens (including phenoxy) is 1. The van der Waals surface area contributed by atoms with Crippen LogP contribution in [0.3, 0.4) is 0 Å². The highest BCUT2D eigenvalue weighted by atomic mass is 32.1. The van der Waals surface area contributed by atoms with Crippen molar-refractivity contribution in [1.82, 2.24) is 4.98 Å². The second kappa shape index (κ2) is 7.60. The zero-order chi connectivity index (χ0) is 18.6. The Morgan fingerprint density at radius 1 is 0.963 bits per heavy atom. The molecule has 0 aliphatic rings. The van der Waals surface area contributed by atoms with Gasteiger partial charge in [0.2, 0.25) is 0 Å². The number of rotatable bonds is 6. The van der Waals surface area contributed by atoms with Crippen molar-refractivity contribution in [2.75, 3.05) is 0 Å². The van der Waals surface area contributed by atoms with E-state index < -0.39 is 5.97 Å². The lowest BCUT2D eigenvalue weighted by Gasteiger charge is -2.03. The van der Waals surface area contributed by atoms with E-state index in [2.05, 4.69) is 11.1 Å². The van der Waals surface area contributed by atoms with E-state index in [4.69, 9.17) is 4.74 Å². The fourth-order valence-electron chi connectivity index (χ4n) is 2.94. The third-order valence-corrected chi connectivity index (χ3v) is 5.28. The summed E-state index contributed by atoms with van der Waals surface area (Å²) in [4.78, 5) is 28.3. The van der Waals surface area contributed by atoms with Crippen molar-refractivity contribution < 1.29 is 14.3 Å². The van der Waals surface area contributed by atoms with Gasteiger partial charge in [0.1, 0.15) is 5.75 Å². The van der Waals surface area contributed by atoms with Gasteiger partial charge >= 0.3 is 5.97 Å². The van der Waals surface area contributed by atoms with Crippen molar-refractivity contribution >= 4 is 34.0 Å². The van der Waals surface area contributed by atoms with Gasteiger partial charge in [-0.3, -0.25) is 9.59 Å². The van der Waals surface area contributed by atoms with Gasteiger partial charge in [0.25, 0.3) is 0 Å². The summed E-state index contributed by atoms with van der Waals surface area (Å²) in [7, 11) is 0. The lowest BCUT2D eigenvalue weighted by atomic mass is 10.1. The molecule has 2 heterocycles. The molecule has 0 fully saturated rings. The second-order valence-corrected chi connectivity index (χ2v) is 7.07. The van der Waals surface area contributed by atoms with Crippen LogP contribution in [0, 0.1) is 0 Å². The largest absolute Gasteiger partial charge is 0.427 e. The zero-order valence-corrected chi connectivity index (χ0v) is 15.3. The van der Waals surface area contributed by atoms with E-state index in [9.17, 15) is 9.59 Å². The van der Waals surface area contributed by atoms with Crippen molar-refractivity contribution in [2.45, 2.75) is 12.8 Å². The Labute approximate surface area is 160 Å². The number of ketones is 1. The molecule has 1 N–H and O–H groups in total. The van der Waals surface area contributed by atoms with Crippen molar-refractivity contribution in [3.05, 3.63) is 77.1 Å². The maximum atomic E-state index is 12.4. The minimum absolute atomic E-state index is 0.0453. The van der Waals surface area contributed by atoms with E-state index >= 15 is 0 Å². The molecule has 0 unspecified atom stereocenters. The predicted molar refractivity (Wildman–Crippen MR) is 107 cm³/mol. The third-order valence-electron chi connectivity index (χ3n) is 4.31. The molecule has 27 heavy (non-hydrogen) atoms. The van der Waals surface area contributed by atoms with Gasteiger partial charge in [-0.2, -0.15) is 0 Å². The summed E-state index contributed by atoms with van der Waals surface area (Å²) in [5, 5.41) is 3.10. The van der Waals surface area contributed by atoms with Gasteiger partial charge in [-0.25, -0.2) is 0 Å². The number of hydrogen-bond donors (Lipinski definition) is 1. The number of hydrogen-bond acceptors (Lipinski definition) is 4. The molecule has 2 aromatic heterocycles. The number of para-hydroxylation sites is 2. The van der Waals surface area contributed by atoms with E-state index in [0.29, 0.717) is 10.6 Å². The first-order valence-electron chi connectivity index (χ1n) is 8.64. The fourth-order valence-corrected chi connectivity index (χ4v) is 3.82. The quantitative estimate of drug-likeness (QED) is 0.276. The molecule has 0 radical (unpaired) electrons. The Balaban J connectivity index is 1.41. The number of thiophene rings is 1. The number of aromatic nitrogens is 1. The van der Waals surface area contributed by atoms with E-state index in [0.717, 1.165) is 22.0 Å². The van der Waals surface area contributed by atoms with E-state index in [-0.39, 0.29) is 18.6 Å². The number of nitrogens with one attached hydrogen (secondary N) is 1. The molecule has 4 aromatic rings. The standard InChI is InChI=1S/C22H17NO3S/c24-20(10-11-22(25)26-16-6-2-1-3-7-16)21-12-15(14-27-21)18-13-23-19-9-5-4-8-17(18)19/h1-9,12-14,23H,10-11H2. The maximum Gasteiger partial charge on any atom is 0.311 e. The predicted octanol–water partition coefficient (Wildman–Crippen LogP) is 5.46. The van der Waals surface area contributed by atoms with E-state index in [1.165, 1.54) is 11.3 Å². The number of H-pyrrole nitrogens is 1. The van der Waals surface area contributed by atoms with Gasteiger partial charge in [0.15, 0.2) is 5.78 Å². The van der Waals surface area contributed by atoms with Crippen LogP contribution in [0.1, 0.15) is 22.5 Å². The van der Waals surface area contributed by atoms with Crippen LogP contribution in [0.2, 0.25) is 0 Å². The van der Waals surface area contributed by atoms with Gasteiger partial charge in [-0.05, 0) is 35.2 Å². The van der Waals surface area contributed by atoms with Crippen molar-refractivity contribution in [3.8, 4) is 16.9 Å². The topological polar surface area (TPSA) is 59.2 Å². The van der Waals surface area contributed by atoms with Gasteiger partial charge in [0.05, 0.1) is 11.3 Å². The van der Waals surface area contributed by atoms with Crippen LogP contribution in [-0.2, 0) is 4.79 Å². The van der Waals surface area contributed by atoms with Gasteiger partial charge in [-0.1, -0.05) is 36.4 Å². The maximum absolute atomic E-state index is 12.4. The molecule has 0 saturated heterocycles. The van der Waals surface area contributed by atoms with Crippen molar-refractivity contribution in [3.63, 3.8) is 0 Å². The number of fused-ring (bicyclic) bond motifs is 1. The SMILES string of the molecule is O=C(CCC(=O)c1cc(-c2c[nH]c3ccccc23)cs1)Oc1ccccc1. The highest BCUT2D eigenvalue weighted by molar-refractivity contribution is 7.12. The van der Waals surface area contributed by atoms with Crippen LogP contribution >= 0.6 is 11.3 Å². The number of aromatic amines is 1. The van der Waals surface area contributed by atoms with Crippen molar-refractivity contribution in [2.24, 2.45) is 0 Å². The van der Waals surface area contributed by atoms with Gasteiger partial charge < -0.3 is 9.72 Å². The first-order chi connectivity index (χ1) is 13.2. The number of carbonyl (C=O) groups excluding carboxylic acids is 2. The van der Waals surface area contributed by atoms with E-state index in [1.807, 2.05) is 41.9 Å². The molecule has 0 saturated carbocycles. The summed E-state index contributed by atoms with van der Waals surface area (Å²) in [5.41, 5.74) is 3.15. The second-order valence-electron chi connectivity index (χ2n) is 6.16. The minimum Gasteiger partial charge on any atom is -0.427 e. The molecular weight excluding hydrogens is 358 g/mol. The van der Waals surface area contributed by atoms with Crippen LogP contribution in [0.25, 0.3) is 22.0 Å². The Morgan fingerprint density at radius 2 is 1.74 bits per heavy atom. The number of Topliss-reactive ketones (excluding diaryl/α,β-unsaturated/α-hetero) is 1. The molecule has 2 aromatic carbocycles. The number of esters is 1.